The van der Waals surface area contributed by atoms with Crippen LogP contribution in [0.1, 0.15) is 12.5 Å². The minimum atomic E-state index is -0.452. The molecule has 1 aromatic carbocycles. The Hall–Kier alpha value is -2.78. The van der Waals surface area contributed by atoms with Crippen LogP contribution in [-0.2, 0) is 4.79 Å². The molecule has 0 atom stereocenters. The van der Waals surface area contributed by atoms with Gasteiger partial charge in [-0.2, -0.15) is 4.99 Å². The predicted octanol–water partition coefficient (Wildman–Crippen LogP) is 4.23. The molecule has 1 aromatic heterocycles. The summed E-state index contributed by atoms with van der Waals surface area (Å²) < 4.78 is 0. The van der Waals surface area contributed by atoms with E-state index in [1.807, 2.05) is 12.3 Å². The fourth-order valence-corrected chi connectivity index (χ4v) is 3.94. The summed E-state index contributed by atoms with van der Waals surface area (Å²) in [4.78, 5) is 33.8. The standard InChI is InChI=1S/C17H14N4O3S2/c1-3-9-20-15(22)14(26-17(20)19-16-18-8-10-25-16)11(2)12-4-6-13(7-5-12)21(23)24/h3-8,10H,1,9H2,2H3/b14-11-,19-17+. The second kappa shape index (κ2) is 7.63. The van der Waals surface area contributed by atoms with Crippen molar-refractivity contribution in [3.05, 3.63) is 69.1 Å². The van der Waals surface area contributed by atoms with E-state index in [1.165, 1.54) is 35.2 Å². The van der Waals surface area contributed by atoms with Crippen LogP contribution >= 0.6 is 23.1 Å². The molecule has 26 heavy (non-hydrogen) atoms. The van der Waals surface area contributed by atoms with Crippen LogP contribution in [0.5, 0.6) is 0 Å². The molecule has 132 valence electrons. The monoisotopic (exact) mass is 386 g/mol. The van der Waals surface area contributed by atoms with Crippen LogP contribution in [0.4, 0.5) is 10.8 Å². The van der Waals surface area contributed by atoms with Crippen molar-refractivity contribution in [3.63, 3.8) is 0 Å². The summed E-state index contributed by atoms with van der Waals surface area (Å²) in [6.45, 7) is 5.85. The fraction of sp³-hybridized carbons (Fsp3) is 0.118. The van der Waals surface area contributed by atoms with E-state index < -0.39 is 4.92 Å². The summed E-state index contributed by atoms with van der Waals surface area (Å²) in [7, 11) is 0. The number of thioether (sulfide) groups is 1. The van der Waals surface area contributed by atoms with Gasteiger partial charge in [-0.05, 0) is 42.0 Å². The normalized spacial score (nSPS) is 17.7. The Morgan fingerprint density at radius 3 is 2.73 bits per heavy atom. The lowest BCUT2D eigenvalue weighted by atomic mass is 10.1. The number of carbonyl (C=O) groups excluding carboxylic acids is 1. The lowest BCUT2D eigenvalue weighted by Crippen LogP contribution is -2.29. The van der Waals surface area contributed by atoms with Gasteiger partial charge in [0.1, 0.15) is 0 Å². The number of benzene rings is 1. The maximum absolute atomic E-state index is 12.8. The fourth-order valence-electron chi connectivity index (χ4n) is 2.33. The van der Waals surface area contributed by atoms with Gasteiger partial charge in [0.25, 0.3) is 11.6 Å². The zero-order valence-electron chi connectivity index (χ0n) is 13.8. The Balaban J connectivity index is 1.98. The average Bonchev–Trinajstić information content (AvgIpc) is 3.25. The predicted molar refractivity (Wildman–Crippen MR) is 104 cm³/mol. The van der Waals surface area contributed by atoms with Crippen molar-refractivity contribution < 1.29 is 9.72 Å². The maximum Gasteiger partial charge on any atom is 0.269 e. The first-order chi connectivity index (χ1) is 12.5. The van der Waals surface area contributed by atoms with E-state index in [9.17, 15) is 14.9 Å². The van der Waals surface area contributed by atoms with Crippen LogP contribution in [-0.4, -0.2) is 32.4 Å². The molecule has 1 aliphatic rings. The molecule has 2 heterocycles. The minimum Gasteiger partial charge on any atom is -0.282 e. The number of amidine groups is 1. The van der Waals surface area contributed by atoms with Crippen LogP contribution in [0.25, 0.3) is 5.57 Å². The first-order valence-electron chi connectivity index (χ1n) is 7.55. The maximum atomic E-state index is 12.8. The van der Waals surface area contributed by atoms with Crippen molar-refractivity contribution in [1.29, 1.82) is 0 Å². The van der Waals surface area contributed by atoms with Crippen molar-refractivity contribution in [2.24, 2.45) is 4.99 Å². The highest BCUT2D eigenvalue weighted by molar-refractivity contribution is 8.18. The second-order valence-corrected chi connectivity index (χ2v) is 7.12. The van der Waals surface area contributed by atoms with Gasteiger partial charge in [0, 0.05) is 30.3 Å². The van der Waals surface area contributed by atoms with E-state index in [-0.39, 0.29) is 11.6 Å². The van der Waals surface area contributed by atoms with Crippen LogP contribution in [0.2, 0.25) is 0 Å². The molecular weight excluding hydrogens is 372 g/mol. The Morgan fingerprint density at radius 1 is 1.42 bits per heavy atom. The summed E-state index contributed by atoms with van der Waals surface area (Å²) in [6.07, 6.45) is 3.29. The molecule has 1 aliphatic heterocycles. The van der Waals surface area contributed by atoms with Gasteiger partial charge >= 0.3 is 0 Å². The van der Waals surface area contributed by atoms with Gasteiger partial charge < -0.3 is 0 Å². The molecule has 1 amide bonds. The third kappa shape index (κ3) is 3.58. The lowest BCUT2D eigenvalue weighted by Gasteiger charge is -2.12. The van der Waals surface area contributed by atoms with Crippen LogP contribution in [0.3, 0.4) is 0 Å². The minimum absolute atomic E-state index is 0.0104. The smallest absolute Gasteiger partial charge is 0.269 e. The van der Waals surface area contributed by atoms with Gasteiger partial charge in [-0.25, -0.2) is 4.98 Å². The number of thiazole rings is 1. The molecule has 2 aromatic rings. The number of nitro benzene ring substituents is 1. The summed E-state index contributed by atoms with van der Waals surface area (Å²) in [5, 5.41) is 13.7. The van der Waals surface area contributed by atoms with Gasteiger partial charge in [-0.1, -0.05) is 6.08 Å². The van der Waals surface area contributed by atoms with E-state index in [2.05, 4.69) is 16.6 Å². The number of hydrogen-bond donors (Lipinski definition) is 0. The number of rotatable bonds is 5. The molecule has 0 radical (unpaired) electrons. The highest BCUT2D eigenvalue weighted by Crippen LogP contribution is 2.38. The molecule has 3 rings (SSSR count). The molecule has 0 bridgehead atoms. The van der Waals surface area contributed by atoms with E-state index in [1.54, 1.807) is 29.3 Å². The zero-order chi connectivity index (χ0) is 18.7. The van der Waals surface area contributed by atoms with E-state index in [4.69, 9.17) is 0 Å². The molecule has 1 saturated heterocycles. The number of aliphatic imine (C=N–C) groups is 1. The van der Waals surface area contributed by atoms with Gasteiger partial charge in [-0.3, -0.25) is 19.8 Å². The summed E-state index contributed by atoms with van der Waals surface area (Å²) in [5.41, 5.74) is 1.50. The molecular formula is C17H14N4O3S2. The number of nitro groups is 1. The quantitative estimate of drug-likeness (QED) is 0.332. The van der Waals surface area contributed by atoms with Crippen molar-refractivity contribution in [2.45, 2.75) is 6.92 Å². The van der Waals surface area contributed by atoms with Crippen molar-refractivity contribution in [3.8, 4) is 0 Å². The van der Waals surface area contributed by atoms with E-state index in [0.29, 0.717) is 21.7 Å². The SMILES string of the molecule is C=CCN1C(=O)/C(=C(\C)c2ccc([N+](=O)[O-])cc2)S/C1=N/c1nccs1. The van der Waals surface area contributed by atoms with E-state index >= 15 is 0 Å². The number of allylic oxidation sites excluding steroid dienone is 1. The van der Waals surface area contributed by atoms with E-state index in [0.717, 1.165) is 11.1 Å². The Kier molecular flexibility index (Phi) is 5.29. The topological polar surface area (TPSA) is 88.7 Å². The van der Waals surface area contributed by atoms with Gasteiger partial charge in [0.05, 0.1) is 9.83 Å². The molecule has 9 heteroatoms. The first kappa shape index (κ1) is 18.0. The number of hydrogen-bond acceptors (Lipinski definition) is 7. The number of carbonyl (C=O) groups is 1. The largest absolute Gasteiger partial charge is 0.282 e. The van der Waals surface area contributed by atoms with Gasteiger partial charge in [0.15, 0.2) is 5.17 Å². The van der Waals surface area contributed by atoms with Crippen LogP contribution < -0.4 is 0 Å². The van der Waals surface area contributed by atoms with Crippen LogP contribution in [0, 0.1) is 10.1 Å². The third-order valence-electron chi connectivity index (χ3n) is 3.64. The number of aromatic nitrogens is 1. The molecule has 0 spiro atoms. The molecule has 1 fully saturated rings. The summed E-state index contributed by atoms with van der Waals surface area (Å²) >= 11 is 2.66. The molecule has 0 unspecified atom stereocenters. The number of non-ortho nitro benzene ring substituents is 1. The highest BCUT2D eigenvalue weighted by Gasteiger charge is 2.34. The lowest BCUT2D eigenvalue weighted by molar-refractivity contribution is -0.384. The highest BCUT2D eigenvalue weighted by atomic mass is 32.2. The molecule has 0 aliphatic carbocycles. The second-order valence-electron chi connectivity index (χ2n) is 5.27. The molecule has 0 saturated carbocycles. The average molecular weight is 386 g/mol. The molecule has 0 N–H and O–H groups in total. The number of amides is 1. The first-order valence-corrected chi connectivity index (χ1v) is 9.25. The van der Waals surface area contributed by atoms with Crippen LogP contribution in [0.15, 0.2) is 58.4 Å². The Bertz CT molecular complexity index is 918. The zero-order valence-corrected chi connectivity index (χ0v) is 15.4. The van der Waals surface area contributed by atoms with Crippen molar-refractivity contribution >= 4 is 50.6 Å². The third-order valence-corrected chi connectivity index (χ3v) is 5.48. The van der Waals surface area contributed by atoms with Crippen molar-refractivity contribution in [2.75, 3.05) is 6.54 Å². The molecule has 7 nitrogen and oxygen atoms in total. The van der Waals surface area contributed by atoms with Gasteiger partial charge in [0.2, 0.25) is 5.13 Å². The van der Waals surface area contributed by atoms with Gasteiger partial charge in [-0.15, -0.1) is 17.9 Å². The summed E-state index contributed by atoms with van der Waals surface area (Å²) in [5.74, 6) is -0.166. The Labute approximate surface area is 157 Å². The van der Waals surface area contributed by atoms with Crippen molar-refractivity contribution in [1.82, 2.24) is 9.88 Å². The number of nitrogens with zero attached hydrogens (tertiary/aromatic N) is 4. The summed E-state index contributed by atoms with van der Waals surface area (Å²) in [6, 6.07) is 6.13. The Morgan fingerprint density at radius 2 is 2.15 bits per heavy atom.